The van der Waals surface area contributed by atoms with Gasteiger partial charge in [0.05, 0.1) is 13.2 Å². The summed E-state index contributed by atoms with van der Waals surface area (Å²) in [4.78, 5) is 0. The molecule has 1 aromatic heterocycles. The van der Waals surface area contributed by atoms with E-state index in [1.54, 1.807) is 13.2 Å². The number of aromatic hydroxyl groups is 1. The Balaban J connectivity index is 1.67. The molecular formula is C15H20N4O2. The lowest BCUT2D eigenvalue weighted by atomic mass is 10.2. The summed E-state index contributed by atoms with van der Waals surface area (Å²) in [6.45, 7) is 3.78. The fourth-order valence-corrected chi connectivity index (χ4v) is 2.69. The topological polar surface area (TPSA) is 72.2 Å². The van der Waals surface area contributed by atoms with Crippen molar-refractivity contribution >= 4 is 0 Å². The van der Waals surface area contributed by atoms with Crippen molar-refractivity contribution in [2.75, 3.05) is 7.11 Å². The van der Waals surface area contributed by atoms with Crippen molar-refractivity contribution in [2.24, 2.45) is 0 Å². The number of nitrogens with one attached hydrogen (secondary N) is 1. The lowest BCUT2D eigenvalue weighted by molar-refractivity contribution is 0.372. The average molecular weight is 288 g/mol. The van der Waals surface area contributed by atoms with Crippen LogP contribution in [0.4, 0.5) is 0 Å². The summed E-state index contributed by atoms with van der Waals surface area (Å²) in [6, 6.07) is 5.49. The van der Waals surface area contributed by atoms with Crippen molar-refractivity contribution in [1.29, 1.82) is 0 Å². The van der Waals surface area contributed by atoms with E-state index in [1.165, 1.54) is 0 Å². The molecule has 0 fully saturated rings. The lowest BCUT2D eigenvalue weighted by Crippen LogP contribution is -2.21. The van der Waals surface area contributed by atoms with Gasteiger partial charge in [-0.15, -0.1) is 10.2 Å². The molecule has 0 amide bonds. The number of rotatable bonds is 5. The van der Waals surface area contributed by atoms with Gasteiger partial charge in [-0.3, -0.25) is 0 Å². The Labute approximate surface area is 123 Å². The quantitative estimate of drug-likeness (QED) is 0.877. The molecule has 21 heavy (non-hydrogen) atoms. The summed E-state index contributed by atoms with van der Waals surface area (Å²) < 4.78 is 7.32. The molecule has 0 saturated carbocycles. The fraction of sp³-hybridized carbons (Fsp3) is 0.467. The standard InChI is InChI=1S/C15H20N4O2/c1-10(15-18-17-14-4-3-7-19(14)15)16-9-11-5-6-12(20)13(8-11)21-2/h5-6,8,10,16,20H,3-4,7,9H2,1-2H3. The first-order valence-corrected chi connectivity index (χ1v) is 7.20. The summed E-state index contributed by atoms with van der Waals surface area (Å²) >= 11 is 0. The molecule has 6 heteroatoms. The van der Waals surface area contributed by atoms with Gasteiger partial charge in [0.15, 0.2) is 11.5 Å². The molecule has 2 aromatic rings. The molecule has 0 bridgehead atoms. The van der Waals surface area contributed by atoms with Crippen LogP contribution in [0, 0.1) is 0 Å². The predicted octanol–water partition coefficient (Wildman–Crippen LogP) is 1.79. The van der Waals surface area contributed by atoms with Gasteiger partial charge in [0, 0.05) is 19.5 Å². The van der Waals surface area contributed by atoms with E-state index in [0.29, 0.717) is 12.3 Å². The normalized spacial score (nSPS) is 15.0. The highest BCUT2D eigenvalue weighted by molar-refractivity contribution is 5.41. The van der Waals surface area contributed by atoms with Crippen LogP contribution >= 0.6 is 0 Å². The molecule has 2 N–H and O–H groups in total. The van der Waals surface area contributed by atoms with Crippen LogP contribution in [0.2, 0.25) is 0 Å². The Morgan fingerprint density at radius 2 is 2.29 bits per heavy atom. The van der Waals surface area contributed by atoms with Gasteiger partial charge < -0.3 is 19.7 Å². The number of ether oxygens (including phenoxy) is 1. The minimum Gasteiger partial charge on any atom is -0.504 e. The number of fused-ring (bicyclic) bond motifs is 1. The summed E-state index contributed by atoms with van der Waals surface area (Å²) in [5, 5.41) is 21.6. The van der Waals surface area contributed by atoms with Crippen LogP contribution < -0.4 is 10.1 Å². The molecule has 0 saturated heterocycles. The second-order valence-electron chi connectivity index (χ2n) is 5.34. The molecule has 1 atom stereocenters. The summed E-state index contributed by atoms with van der Waals surface area (Å²) in [5.41, 5.74) is 1.05. The van der Waals surface area contributed by atoms with Gasteiger partial charge in [0.25, 0.3) is 0 Å². The van der Waals surface area contributed by atoms with E-state index in [0.717, 1.165) is 36.6 Å². The van der Waals surface area contributed by atoms with E-state index >= 15 is 0 Å². The van der Waals surface area contributed by atoms with Crippen LogP contribution in [0.3, 0.4) is 0 Å². The number of phenolic OH excluding ortho intramolecular Hbond substituents is 1. The van der Waals surface area contributed by atoms with E-state index in [-0.39, 0.29) is 11.8 Å². The Morgan fingerprint density at radius 3 is 3.10 bits per heavy atom. The SMILES string of the molecule is COc1cc(CNC(C)c2nnc3n2CCC3)ccc1O. The smallest absolute Gasteiger partial charge is 0.160 e. The minimum absolute atomic E-state index is 0.129. The van der Waals surface area contributed by atoms with Gasteiger partial charge in [-0.25, -0.2) is 0 Å². The van der Waals surface area contributed by atoms with Gasteiger partial charge in [-0.2, -0.15) is 0 Å². The number of aryl methyl sites for hydroxylation is 1. The van der Waals surface area contributed by atoms with E-state index in [4.69, 9.17) is 4.74 Å². The third-order valence-electron chi connectivity index (χ3n) is 3.88. The summed E-state index contributed by atoms with van der Waals surface area (Å²) in [7, 11) is 1.55. The van der Waals surface area contributed by atoms with Gasteiger partial charge in [-0.05, 0) is 31.0 Å². The van der Waals surface area contributed by atoms with Gasteiger partial charge in [-0.1, -0.05) is 6.07 Å². The Kier molecular flexibility index (Phi) is 3.79. The van der Waals surface area contributed by atoms with Crippen LogP contribution in [0.1, 0.15) is 36.6 Å². The zero-order chi connectivity index (χ0) is 14.8. The molecule has 1 aliphatic rings. The van der Waals surface area contributed by atoms with E-state index < -0.39 is 0 Å². The Bertz CT molecular complexity index is 639. The first-order valence-electron chi connectivity index (χ1n) is 7.20. The predicted molar refractivity (Wildman–Crippen MR) is 78.3 cm³/mol. The van der Waals surface area contributed by atoms with Crippen LogP contribution in [0.5, 0.6) is 11.5 Å². The number of benzene rings is 1. The minimum atomic E-state index is 0.129. The maximum atomic E-state index is 9.60. The van der Waals surface area contributed by atoms with Crippen LogP contribution in [0.15, 0.2) is 18.2 Å². The highest BCUT2D eigenvalue weighted by atomic mass is 16.5. The van der Waals surface area contributed by atoms with Crippen molar-refractivity contribution in [3.05, 3.63) is 35.4 Å². The Morgan fingerprint density at radius 1 is 1.43 bits per heavy atom. The number of methoxy groups -OCH3 is 1. The molecule has 1 aromatic carbocycles. The zero-order valence-electron chi connectivity index (χ0n) is 12.3. The monoisotopic (exact) mass is 288 g/mol. The van der Waals surface area contributed by atoms with Crippen molar-refractivity contribution in [3.8, 4) is 11.5 Å². The Hall–Kier alpha value is -2.08. The number of phenols is 1. The molecule has 0 radical (unpaired) electrons. The van der Waals surface area contributed by atoms with Gasteiger partial charge in [0.1, 0.15) is 11.6 Å². The van der Waals surface area contributed by atoms with Crippen molar-refractivity contribution in [2.45, 2.75) is 38.9 Å². The van der Waals surface area contributed by atoms with E-state index in [2.05, 4.69) is 27.0 Å². The third kappa shape index (κ3) is 2.71. The summed E-state index contributed by atoms with van der Waals surface area (Å²) in [5.74, 6) is 2.73. The molecular weight excluding hydrogens is 268 g/mol. The highest BCUT2D eigenvalue weighted by Crippen LogP contribution is 2.26. The first kappa shape index (κ1) is 13.9. The summed E-state index contributed by atoms with van der Waals surface area (Å²) in [6.07, 6.45) is 2.18. The number of aromatic nitrogens is 3. The average Bonchev–Trinajstić information content (AvgIpc) is 3.08. The molecule has 2 heterocycles. The molecule has 1 unspecified atom stereocenters. The van der Waals surface area contributed by atoms with Crippen LogP contribution in [-0.2, 0) is 19.5 Å². The van der Waals surface area contributed by atoms with Crippen LogP contribution in [0.25, 0.3) is 0 Å². The number of hydrogen-bond acceptors (Lipinski definition) is 5. The maximum Gasteiger partial charge on any atom is 0.160 e. The maximum absolute atomic E-state index is 9.60. The molecule has 3 rings (SSSR count). The van der Waals surface area contributed by atoms with Crippen molar-refractivity contribution in [3.63, 3.8) is 0 Å². The van der Waals surface area contributed by atoms with Crippen LogP contribution in [-0.4, -0.2) is 27.0 Å². The molecule has 0 spiro atoms. The highest BCUT2D eigenvalue weighted by Gasteiger charge is 2.20. The molecule has 112 valence electrons. The molecule has 0 aliphatic carbocycles. The molecule has 1 aliphatic heterocycles. The fourth-order valence-electron chi connectivity index (χ4n) is 2.69. The second-order valence-corrected chi connectivity index (χ2v) is 5.34. The largest absolute Gasteiger partial charge is 0.504 e. The number of nitrogens with zero attached hydrogens (tertiary/aromatic N) is 3. The zero-order valence-corrected chi connectivity index (χ0v) is 12.3. The van der Waals surface area contributed by atoms with E-state index in [9.17, 15) is 5.11 Å². The van der Waals surface area contributed by atoms with Crippen molar-refractivity contribution < 1.29 is 9.84 Å². The first-order chi connectivity index (χ1) is 10.2. The van der Waals surface area contributed by atoms with Crippen molar-refractivity contribution in [1.82, 2.24) is 20.1 Å². The van der Waals surface area contributed by atoms with Gasteiger partial charge in [0.2, 0.25) is 0 Å². The van der Waals surface area contributed by atoms with Gasteiger partial charge >= 0.3 is 0 Å². The molecule has 6 nitrogen and oxygen atoms in total. The second kappa shape index (κ2) is 5.73. The number of hydrogen-bond donors (Lipinski definition) is 2. The van der Waals surface area contributed by atoms with E-state index in [1.807, 2.05) is 12.1 Å². The third-order valence-corrected chi connectivity index (χ3v) is 3.88. The lowest BCUT2D eigenvalue weighted by Gasteiger charge is -2.14.